The Balaban J connectivity index is 2.10. The molecule has 5 heteroatoms. The number of thiocarbonyl (C=S) groups is 1. The van der Waals surface area contributed by atoms with E-state index in [9.17, 15) is 4.79 Å². The quantitative estimate of drug-likeness (QED) is 0.638. The number of carbonyl (C=O) groups is 1. The van der Waals surface area contributed by atoms with Gasteiger partial charge in [0, 0.05) is 22.0 Å². The minimum Gasteiger partial charge on any atom is -0.332 e. The van der Waals surface area contributed by atoms with Gasteiger partial charge in [0.25, 0.3) is 0 Å². The Morgan fingerprint density at radius 3 is 2.57 bits per heavy atom. The minimum atomic E-state index is 0.0169. The maximum atomic E-state index is 11.4. The summed E-state index contributed by atoms with van der Waals surface area (Å²) in [4.78, 5) is 11.4. The maximum absolute atomic E-state index is 11.4. The number of hydrogen-bond acceptors (Lipinski definition) is 2. The van der Waals surface area contributed by atoms with E-state index in [4.69, 9.17) is 23.8 Å². The summed E-state index contributed by atoms with van der Waals surface area (Å²) in [7, 11) is 0. The molecular formula is C16H15ClN2OS. The molecule has 0 saturated heterocycles. The molecule has 0 unspecified atom stereocenters. The van der Waals surface area contributed by atoms with Gasteiger partial charge >= 0.3 is 0 Å². The van der Waals surface area contributed by atoms with Gasteiger partial charge < -0.3 is 10.6 Å². The van der Waals surface area contributed by atoms with Crippen LogP contribution in [0.2, 0.25) is 5.02 Å². The molecule has 0 radical (unpaired) electrons. The Hall–Kier alpha value is -1.91. The second-order valence-corrected chi connectivity index (χ2v) is 5.44. The van der Waals surface area contributed by atoms with Gasteiger partial charge in [-0.15, -0.1) is 0 Å². The summed E-state index contributed by atoms with van der Waals surface area (Å²) >= 11 is 11.4. The van der Waals surface area contributed by atoms with Crippen LogP contribution in [-0.2, 0) is 0 Å². The van der Waals surface area contributed by atoms with Crippen LogP contribution in [0.5, 0.6) is 0 Å². The lowest BCUT2D eigenvalue weighted by atomic mass is 10.1. The summed E-state index contributed by atoms with van der Waals surface area (Å²) in [5.74, 6) is 0.0169. The third-order valence-electron chi connectivity index (χ3n) is 3.04. The zero-order chi connectivity index (χ0) is 15.4. The predicted molar refractivity (Wildman–Crippen MR) is 92.5 cm³/mol. The lowest BCUT2D eigenvalue weighted by molar-refractivity contribution is 0.101. The highest BCUT2D eigenvalue weighted by atomic mass is 35.5. The SMILES string of the molecule is CC(=O)c1cccc(NC(=S)Nc2cccc(Cl)c2C)c1. The molecule has 3 nitrogen and oxygen atoms in total. The van der Waals surface area contributed by atoms with Crippen LogP contribution in [0.15, 0.2) is 42.5 Å². The van der Waals surface area contributed by atoms with Gasteiger partial charge in [0.2, 0.25) is 0 Å². The maximum Gasteiger partial charge on any atom is 0.175 e. The molecule has 0 heterocycles. The van der Waals surface area contributed by atoms with Crippen molar-refractivity contribution in [2.45, 2.75) is 13.8 Å². The van der Waals surface area contributed by atoms with Crippen LogP contribution in [0.3, 0.4) is 0 Å². The Bertz CT molecular complexity index is 700. The van der Waals surface area contributed by atoms with Crippen LogP contribution in [0, 0.1) is 6.92 Å². The van der Waals surface area contributed by atoms with Crippen molar-refractivity contribution in [3.63, 3.8) is 0 Å². The Morgan fingerprint density at radius 2 is 1.86 bits per heavy atom. The molecule has 0 aliphatic carbocycles. The van der Waals surface area contributed by atoms with Gasteiger partial charge in [-0.3, -0.25) is 4.79 Å². The van der Waals surface area contributed by atoms with E-state index in [1.165, 1.54) is 6.92 Å². The van der Waals surface area contributed by atoms with Crippen molar-refractivity contribution in [1.29, 1.82) is 0 Å². The Morgan fingerprint density at radius 1 is 1.14 bits per heavy atom. The number of anilines is 2. The normalized spacial score (nSPS) is 10.0. The molecule has 0 aromatic heterocycles. The van der Waals surface area contributed by atoms with Crippen molar-refractivity contribution < 1.29 is 4.79 Å². The van der Waals surface area contributed by atoms with Crippen LogP contribution in [-0.4, -0.2) is 10.9 Å². The first kappa shape index (κ1) is 15.5. The van der Waals surface area contributed by atoms with Crippen LogP contribution < -0.4 is 10.6 Å². The first-order chi connectivity index (χ1) is 9.97. The average molecular weight is 319 g/mol. The van der Waals surface area contributed by atoms with E-state index in [0.717, 1.165) is 16.9 Å². The fourth-order valence-electron chi connectivity index (χ4n) is 1.84. The number of benzene rings is 2. The number of nitrogens with one attached hydrogen (secondary N) is 2. The molecule has 0 saturated carbocycles. The summed E-state index contributed by atoms with van der Waals surface area (Å²) in [5.41, 5.74) is 3.19. The van der Waals surface area contributed by atoms with E-state index < -0.39 is 0 Å². The minimum absolute atomic E-state index is 0.0169. The molecule has 0 atom stereocenters. The summed E-state index contributed by atoms with van der Waals surface area (Å²) in [6, 6.07) is 12.8. The standard InChI is InChI=1S/C16H15ClN2OS/c1-10-14(17)7-4-8-15(10)19-16(21)18-13-6-3-5-12(9-13)11(2)20/h3-9H,1-2H3,(H2,18,19,21). The van der Waals surface area contributed by atoms with Gasteiger partial charge in [-0.25, -0.2) is 0 Å². The fourth-order valence-corrected chi connectivity index (χ4v) is 2.25. The van der Waals surface area contributed by atoms with Gasteiger partial charge in [0.1, 0.15) is 0 Å². The first-order valence-electron chi connectivity index (χ1n) is 6.41. The summed E-state index contributed by atoms with van der Waals surface area (Å²) in [6.45, 7) is 3.45. The smallest absolute Gasteiger partial charge is 0.175 e. The zero-order valence-electron chi connectivity index (χ0n) is 11.7. The summed E-state index contributed by atoms with van der Waals surface area (Å²) < 4.78 is 0. The van der Waals surface area contributed by atoms with E-state index in [2.05, 4.69) is 10.6 Å². The van der Waals surface area contributed by atoms with Crippen LogP contribution in [0.25, 0.3) is 0 Å². The lowest BCUT2D eigenvalue weighted by Gasteiger charge is -2.13. The van der Waals surface area contributed by atoms with Crippen LogP contribution in [0.1, 0.15) is 22.8 Å². The van der Waals surface area contributed by atoms with Crippen molar-refractivity contribution in [1.82, 2.24) is 0 Å². The third kappa shape index (κ3) is 4.03. The van der Waals surface area contributed by atoms with Gasteiger partial charge in [0.05, 0.1) is 0 Å². The van der Waals surface area contributed by atoms with Crippen molar-refractivity contribution in [3.8, 4) is 0 Å². The molecule has 2 N–H and O–H groups in total. The van der Waals surface area contributed by atoms with E-state index in [-0.39, 0.29) is 5.78 Å². The van der Waals surface area contributed by atoms with Gasteiger partial charge in [0.15, 0.2) is 10.9 Å². The van der Waals surface area contributed by atoms with Crippen LogP contribution >= 0.6 is 23.8 Å². The number of rotatable bonds is 3. The molecular weight excluding hydrogens is 304 g/mol. The number of hydrogen-bond donors (Lipinski definition) is 2. The zero-order valence-corrected chi connectivity index (χ0v) is 13.3. The molecule has 108 valence electrons. The Labute approximate surface area is 134 Å². The fraction of sp³-hybridized carbons (Fsp3) is 0.125. The average Bonchev–Trinajstić information content (AvgIpc) is 2.44. The van der Waals surface area contributed by atoms with E-state index in [1.54, 1.807) is 12.1 Å². The molecule has 0 fully saturated rings. The Kier molecular flexibility index (Phi) is 4.94. The van der Waals surface area contributed by atoms with Crippen molar-refractivity contribution in [2.75, 3.05) is 10.6 Å². The molecule has 0 amide bonds. The van der Waals surface area contributed by atoms with E-state index in [1.807, 2.05) is 37.3 Å². The second-order valence-electron chi connectivity index (χ2n) is 4.63. The van der Waals surface area contributed by atoms with Crippen molar-refractivity contribution in [2.24, 2.45) is 0 Å². The van der Waals surface area contributed by atoms with Crippen LogP contribution in [0.4, 0.5) is 11.4 Å². The summed E-state index contributed by atoms with van der Waals surface area (Å²) in [6.07, 6.45) is 0. The van der Waals surface area contributed by atoms with Gasteiger partial charge in [-0.05, 0) is 55.9 Å². The number of Topliss-reactive ketones (excluding diaryl/α,β-unsaturated/α-hetero) is 1. The monoisotopic (exact) mass is 318 g/mol. The number of carbonyl (C=O) groups excluding carboxylic acids is 1. The highest BCUT2D eigenvalue weighted by Crippen LogP contribution is 2.23. The molecule has 0 aliphatic rings. The number of ketones is 1. The third-order valence-corrected chi connectivity index (χ3v) is 3.66. The number of halogens is 1. The highest BCUT2D eigenvalue weighted by molar-refractivity contribution is 7.80. The van der Waals surface area contributed by atoms with Gasteiger partial charge in [-0.2, -0.15) is 0 Å². The lowest BCUT2D eigenvalue weighted by Crippen LogP contribution is -2.19. The van der Waals surface area contributed by atoms with E-state index in [0.29, 0.717) is 15.7 Å². The molecule has 21 heavy (non-hydrogen) atoms. The molecule has 0 aliphatic heterocycles. The highest BCUT2D eigenvalue weighted by Gasteiger charge is 2.05. The largest absolute Gasteiger partial charge is 0.332 e. The van der Waals surface area contributed by atoms with E-state index >= 15 is 0 Å². The predicted octanol–water partition coefficient (Wildman–Crippen LogP) is 4.66. The van der Waals surface area contributed by atoms with Gasteiger partial charge in [-0.1, -0.05) is 29.8 Å². The second kappa shape index (κ2) is 6.70. The molecule has 2 aromatic rings. The van der Waals surface area contributed by atoms with Crippen molar-refractivity contribution >= 4 is 46.1 Å². The van der Waals surface area contributed by atoms with Crippen molar-refractivity contribution in [3.05, 3.63) is 58.6 Å². The first-order valence-corrected chi connectivity index (χ1v) is 7.20. The topological polar surface area (TPSA) is 41.1 Å². The molecule has 0 spiro atoms. The molecule has 0 bridgehead atoms. The molecule has 2 aromatic carbocycles. The summed E-state index contributed by atoms with van der Waals surface area (Å²) in [5, 5.41) is 7.28. The molecule has 2 rings (SSSR count).